The first-order valence-corrected chi connectivity index (χ1v) is 11.0. The topological polar surface area (TPSA) is 113 Å². The lowest BCUT2D eigenvalue weighted by Crippen LogP contribution is -2.41. The third kappa shape index (κ3) is 6.53. The number of rotatable bonds is 8. The van der Waals surface area contributed by atoms with Gasteiger partial charge in [-0.1, -0.05) is 35.9 Å². The van der Waals surface area contributed by atoms with Crippen LogP contribution in [0.15, 0.2) is 53.4 Å². The van der Waals surface area contributed by atoms with E-state index in [4.69, 9.17) is 16.7 Å². The average Bonchev–Trinajstić information content (AvgIpc) is 2.68. The number of likely N-dealkylation sites (N-methyl/N-ethyl adjacent to an activating group) is 2. The van der Waals surface area contributed by atoms with Gasteiger partial charge in [-0.2, -0.15) is 0 Å². The first kappa shape index (κ1) is 23.8. The monoisotopic (exact) mass is 452 g/mol. The summed E-state index contributed by atoms with van der Waals surface area (Å²) in [5, 5.41) is 8.21. The van der Waals surface area contributed by atoms with Gasteiger partial charge in [-0.25, -0.2) is 13.6 Å². The van der Waals surface area contributed by atoms with E-state index in [1.807, 2.05) is 6.92 Å². The first-order valence-electron chi connectivity index (χ1n) is 9.10. The molecule has 0 aliphatic heterocycles. The Bertz CT molecular complexity index is 1010. The van der Waals surface area contributed by atoms with E-state index in [-0.39, 0.29) is 35.8 Å². The van der Waals surface area contributed by atoms with Gasteiger partial charge in [0.2, 0.25) is 21.8 Å². The van der Waals surface area contributed by atoms with Gasteiger partial charge in [-0.05, 0) is 43.8 Å². The molecule has 2 aromatic rings. The summed E-state index contributed by atoms with van der Waals surface area (Å²) >= 11 is 6.02. The molecular weight excluding hydrogens is 428 g/mol. The zero-order valence-corrected chi connectivity index (χ0v) is 18.6. The number of amides is 2. The van der Waals surface area contributed by atoms with E-state index in [2.05, 4.69) is 5.32 Å². The quantitative estimate of drug-likeness (QED) is 0.636. The molecule has 0 heterocycles. The molecule has 0 saturated carbocycles. The second-order valence-electron chi connectivity index (χ2n) is 6.98. The normalized spacial score (nSPS) is 12.5. The largest absolute Gasteiger partial charge is 0.335 e. The van der Waals surface area contributed by atoms with Crippen LogP contribution in [0.3, 0.4) is 0 Å². The van der Waals surface area contributed by atoms with E-state index in [9.17, 15) is 18.0 Å². The molecule has 2 amide bonds. The van der Waals surface area contributed by atoms with Crippen LogP contribution in [0.4, 0.5) is 5.69 Å². The number of hydrogen-bond donors (Lipinski definition) is 2. The predicted molar refractivity (Wildman–Crippen MR) is 117 cm³/mol. The molecule has 1 unspecified atom stereocenters. The molecule has 0 aliphatic rings. The van der Waals surface area contributed by atoms with Crippen molar-refractivity contribution in [2.75, 3.05) is 32.5 Å². The van der Waals surface area contributed by atoms with Crippen LogP contribution in [0.2, 0.25) is 5.02 Å². The number of nitrogens with two attached hydrogens (primary N) is 1. The van der Waals surface area contributed by atoms with Crippen LogP contribution in [-0.2, 0) is 19.6 Å². The van der Waals surface area contributed by atoms with Crippen molar-refractivity contribution >= 4 is 39.1 Å². The molecule has 0 bridgehead atoms. The van der Waals surface area contributed by atoms with Crippen LogP contribution in [0.1, 0.15) is 18.5 Å². The summed E-state index contributed by atoms with van der Waals surface area (Å²) in [6.45, 7) is 1.85. The molecule has 8 nitrogen and oxygen atoms in total. The highest BCUT2D eigenvalue weighted by molar-refractivity contribution is 7.89. The average molecular weight is 453 g/mol. The first-order chi connectivity index (χ1) is 14.0. The third-order valence-electron chi connectivity index (χ3n) is 4.69. The molecule has 0 aliphatic carbocycles. The van der Waals surface area contributed by atoms with Crippen LogP contribution in [-0.4, -0.2) is 57.2 Å². The van der Waals surface area contributed by atoms with Gasteiger partial charge in [0, 0.05) is 13.1 Å². The molecule has 0 fully saturated rings. The highest BCUT2D eigenvalue weighted by Gasteiger charge is 2.20. The van der Waals surface area contributed by atoms with Crippen molar-refractivity contribution in [1.29, 1.82) is 0 Å². The van der Waals surface area contributed by atoms with Crippen molar-refractivity contribution in [3.63, 3.8) is 0 Å². The summed E-state index contributed by atoms with van der Waals surface area (Å²) in [6.07, 6.45) is 0. The van der Waals surface area contributed by atoms with E-state index in [1.54, 1.807) is 55.4 Å². The maximum absolute atomic E-state index is 12.5. The minimum absolute atomic E-state index is 0.0291. The maximum Gasteiger partial charge on any atom is 0.244 e. The standard InChI is InChI=1S/C20H25ClN4O4S/c1-14(15-8-10-16(11-9-15)30(22,28)29)24(2)13-20(27)25(3)12-19(26)23-18-7-5-4-6-17(18)21/h4-11,14H,12-13H2,1-3H3,(H,23,26)(H2,22,28,29). The van der Waals surface area contributed by atoms with Crippen LogP contribution in [0.25, 0.3) is 0 Å². The number of primary sulfonamides is 1. The fraction of sp³-hybridized carbons (Fsp3) is 0.300. The van der Waals surface area contributed by atoms with Gasteiger partial charge in [0.1, 0.15) is 0 Å². The van der Waals surface area contributed by atoms with Crippen molar-refractivity contribution < 1.29 is 18.0 Å². The van der Waals surface area contributed by atoms with Crippen molar-refractivity contribution in [2.24, 2.45) is 5.14 Å². The SMILES string of the molecule is CC(c1ccc(S(N)(=O)=O)cc1)N(C)CC(=O)N(C)CC(=O)Nc1ccccc1Cl. The van der Waals surface area contributed by atoms with E-state index < -0.39 is 10.0 Å². The zero-order valence-electron chi connectivity index (χ0n) is 17.0. The van der Waals surface area contributed by atoms with E-state index in [0.717, 1.165) is 5.56 Å². The third-order valence-corrected chi connectivity index (χ3v) is 5.95. The van der Waals surface area contributed by atoms with E-state index in [1.165, 1.54) is 17.0 Å². The second kappa shape index (κ2) is 10.0. The molecule has 2 rings (SSSR count). The predicted octanol–water partition coefficient (Wildman–Crippen LogP) is 2.08. The number of benzene rings is 2. The minimum atomic E-state index is -3.75. The summed E-state index contributed by atoms with van der Waals surface area (Å²) in [5.41, 5.74) is 1.32. The fourth-order valence-electron chi connectivity index (χ4n) is 2.72. The Morgan fingerprint density at radius 1 is 1.07 bits per heavy atom. The molecule has 10 heteroatoms. The van der Waals surface area contributed by atoms with Gasteiger partial charge in [0.05, 0.1) is 28.7 Å². The Hall–Kier alpha value is -2.46. The molecule has 162 valence electrons. The molecule has 0 spiro atoms. The molecule has 30 heavy (non-hydrogen) atoms. The number of nitrogens with zero attached hydrogens (tertiary/aromatic N) is 2. The Labute approximate surface area is 181 Å². The number of anilines is 1. The summed E-state index contributed by atoms with van der Waals surface area (Å²) in [4.78, 5) is 27.9. The lowest BCUT2D eigenvalue weighted by atomic mass is 10.1. The molecule has 1 atom stereocenters. The smallest absolute Gasteiger partial charge is 0.244 e. The van der Waals surface area contributed by atoms with Crippen LogP contribution in [0.5, 0.6) is 0 Å². The van der Waals surface area contributed by atoms with Gasteiger partial charge < -0.3 is 10.2 Å². The van der Waals surface area contributed by atoms with Crippen LogP contribution < -0.4 is 10.5 Å². The molecule has 0 radical (unpaired) electrons. The van der Waals surface area contributed by atoms with Crippen molar-refractivity contribution in [1.82, 2.24) is 9.80 Å². The number of para-hydroxylation sites is 1. The summed E-state index contributed by atoms with van der Waals surface area (Å²) in [6, 6.07) is 12.9. The number of carbonyl (C=O) groups is 2. The minimum Gasteiger partial charge on any atom is -0.335 e. The number of hydrogen-bond acceptors (Lipinski definition) is 5. The van der Waals surface area contributed by atoms with E-state index in [0.29, 0.717) is 10.7 Å². The van der Waals surface area contributed by atoms with E-state index >= 15 is 0 Å². The highest BCUT2D eigenvalue weighted by Crippen LogP contribution is 2.21. The van der Waals surface area contributed by atoms with Crippen LogP contribution >= 0.6 is 11.6 Å². The Balaban J connectivity index is 1.92. The van der Waals surface area contributed by atoms with Gasteiger partial charge in [0.25, 0.3) is 0 Å². The van der Waals surface area contributed by atoms with Gasteiger partial charge in [-0.3, -0.25) is 14.5 Å². The molecular formula is C20H25ClN4O4S. The number of carbonyl (C=O) groups excluding carboxylic acids is 2. The number of sulfonamides is 1. The molecule has 2 aromatic carbocycles. The van der Waals surface area contributed by atoms with Gasteiger partial charge in [0.15, 0.2) is 0 Å². The Kier molecular flexibility index (Phi) is 7.96. The van der Waals surface area contributed by atoms with Crippen molar-refractivity contribution in [3.05, 3.63) is 59.1 Å². The summed E-state index contributed by atoms with van der Waals surface area (Å²) in [5.74, 6) is -0.590. The molecule has 0 saturated heterocycles. The lowest BCUT2D eigenvalue weighted by Gasteiger charge is -2.27. The summed E-state index contributed by atoms with van der Waals surface area (Å²) < 4.78 is 22.7. The van der Waals surface area contributed by atoms with Crippen molar-refractivity contribution in [2.45, 2.75) is 17.9 Å². The molecule has 3 N–H and O–H groups in total. The number of halogens is 1. The zero-order chi connectivity index (χ0) is 22.5. The highest BCUT2D eigenvalue weighted by atomic mass is 35.5. The second-order valence-corrected chi connectivity index (χ2v) is 8.95. The van der Waals surface area contributed by atoms with Gasteiger partial charge in [-0.15, -0.1) is 0 Å². The summed E-state index contributed by atoms with van der Waals surface area (Å²) in [7, 11) is -0.432. The van der Waals surface area contributed by atoms with Crippen LogP contribution in [0, 0.1) is 0 Å². The number of nitrogens with one attached hydrogen (secondary N) is 1. The Morgan fingerprint density at radius 3 is 2.23 bits per heavy atom. The lowest BCUT2D eigenvalue weighted by molar-refractivity contribution is -0.134. The molecule has 0 aromatic heterocycles. The Morgan fingerprint density at radius 2 is 1.67 bits per heavy atom. The van der Waals surface area contributed by atoms with Crippen molar-refractivity contribution in [3.8, 4) is 0 Å². The fourth-order valence-corrected chi connectivity index (χ4v) is 3.42. The van der Waals surface area contributed by atoms with Gasteiger partial charge >= 0.3 is 0 Å². The maximum atomic E-state index is 12.5.